The van der Waals surface area contributed by atoms with Crippen molar-refractivity contribution in [1.82, 2.24) is 15.0 Å². The second-order valence-corrected chi connectivity index (χ2v) is 4.69. The van der Waals surface area contributed by atoms with Gasteiger partial charge in [0.05, 0.1) is 24.2 Å². The molecule has 4 heteroatoms. The van der Waals surface area contributed by atoms with E-state index in [1.165, 1.54) is 19.3 Å². The first-order chi connectivity index (χ1) is 9.31. The smallest absolute Gasteiger partial charge is 0.119 e. The van der Waals surface area contributed by atoms with Crippen molar-refractivity contribution in [2.24, 2.45) is 0 Å². The number of aromatic nitrogens is 3. The summed E-state index contributed by atoms with van der Waals surface area (Å²) < 4.78 is 7.52. The minimum absolute atomic E-state index is 0.793. The van der Waals surface area contributed by atoms with Crippen LogP contribution < -0.4 is 4.74 Å². The van der Waals surface area contributed by atoms with Gasteiger partial charge < -0.3 is 4.74 Å². The van der Waals surface area contributed by atoms with Crippen molar-refractivity contribution >= 4 is 0 Å². The van der Waals surface area contributed by atoms with Gasteiger partial charge in [-0.05, 0) is 37.6 Å². The van der Waals surface area contributed by atoms with Crippen LogP contribution in [0.3, 0.4) is 0 Å². The molecule has 1 aromatic heterocycles. The number of nitrogens with zero attached hydrogens (tertiary/aromatic N) is 3. The molecule has 0 radical (unpaired) electrons. The molecule has 0 saturated heterocycles. The first-order valence-electron chi connectivity index (χ1n) is 6.92. The third kappa shape index (κ3) is 3.81. The predicted octanol–water partition coefficient (Wildman–Crippen LogP) is 3.53. The average Bonchev–Trinajstić information content (AvgIpc) is 2.86. The number of hydrogen-bond donors (Lipinski definition) is 0. The van der Waals surface area contributed by atoms with Gasteiger partial charge in [-0.2, -0.15) is 0 Å². The van der Waals surface area contributed by atoms with E-state index in [-0.39, 0.29) is 0 Å². The molecule has 0 N–H and O–H groups in total. The Morgan fingerprint density at radius 1 is 1.11 bits per heavy atom. The Morgan fingerprint density at radius 3 is 2.53 bits per heavy atom. The molecule has 0 aliphatic heterocycles. The summed E-state index contributed by atoms with van der Waals surface area (Å²) >= 11 is 0. The van der Waals surface area contributed by atoms with Crippen LogP contribution in [0.2, 0.25) is 0 Å². The lowest BCUT2D eigenvalue weighted by atomic mass is 10.2. The molecule has 0 bridgehead atoms. The van der Waals surface area contributed by atoms with Crippen LogP contribution in [-0.2, 0) is 0 Å². The van der Waals surface area contributed by atoms with E-state index in [1.807, 2.05) is 35.9 Å². The van der Waals surface area contributed by atoms with Crippen molar-refractivity contribution in [3.8, 4) is 11.4 Å². The Hall–Kier alpha value is -1.84. The Labute approximate surface area is 114 Å². The van der Waals surface area contributed by atoms with Crippen molar-refractivity contribution in [2.75, 3.05) is 6.61 Å². The van der Waals surface area contributed by atoms with Crippen molar-refractivity contribution < 1.29 is 4.74 Å². The molecule has 1 heterocycles. The van der Waals surface area contributed by atoms with Gasteiger partial charge in [0.1, 0.15) is 5.75 Å². The van der Waals surface area contributed by atoms with Crippen molar-refractivity contribution in [3.63, 3.8) is 0 Å². The fourth-order valence-electron chi connectivity index (χ4n) is 1.94. The van der Waals surface area contributed by atoms with Crippen LogP contribution in [0, 0.1) is 6.92 Å². The second kappa shape index (κ2) is 6.92. The number of unbranched alkanes of at least 4 members (excludes halogenated alkanes) is 3. The van der Waals surface area contributed by atoms with Gasteiger partial charge in [-0.15, -0.1) is 5.10 Å². The summed E-state index contributed by atoms with van der Waals surface area (Å²) in [6.07, 6.45) is 6.66. The average molecular weight is 259 g/mol. The number of ether oxygens (including phenoxy) is 1. The molecular formula is C15H21N3O. The molecule has 0 saturated carbocycles. The Balaban J connectivity index is 1.87. The lowest BCUT2D eigenvalue weighted by molar-refractivity contribution is 0.305. The largest absolute Gasteiger partial charge is 0.494 e. The van der Waals surface area contributed by atoms with E-state index >= 15 is 0 Å². The van der Waals surface area contributed by atoms with Crippen LogP contribution in [0.1, 0.15) is 38.3 Å². The second-order valence-electron chi connectivity index (χ2n) is 4.69. The van der Waals surface area contributed by atoms with E-state index in [2.05, 4.69) is 17.2 Å². The van der Waals surface area contributed by atoms with Gasteiger partial charge >= 0.3 is 0 Å². The summed E-state index contributed by atoms with van der Waals surface area (Å²) in [5, 5.41) is 7.92. The first-order valence-corrected chi connectivity index (χ1v) is 6.92. The molecular weight excluding hydrogens is 238 g/mol. The number of rotatable bonds is 7. The molecule has 0 spiro atoms. The maximum absolute atomic E-state index is 5.71. The Morgan fingerprint density at radius 2 is 1.89 bits per heavy atom. The van der Waals surface area contributed by atoms with Crippen LogP contribution in [0.5, 0.6) is 5.75 Å². The monoisotopic (exact) mass is 259 g/mol. The minimum Gasteiger partial charge on any atom is -0.494 e. The summed E-state index contributed by atoms with van der Waals surface area (Å²) in [6.45, 7) is 4.99. The van der Waals surface area contributed by atoms with Crippen LogP contribution in [-0.4, -0.2) is 21.6 Å². The summed E-state index contributed by atoms with van der Waals surface area (Å²) in [6, 6.07) is 7.97. The highest BCUT2D eigenvalue weighted by Gasteiger charge is 2.02. The standard InChI is InChI=1S/C15H21N3O/c1-3-4-5-6-11-19-15-9-7-14(8-10-15)18-13(2)12-16-17-18/h7-10,12H,3-6,11H2,1-2H3. The van der Waals surface area contributed by atoms with Crippen LogP contribution in [0.15, 0.2) is 30.5 Å². The number of benzene rings is 1. The summed E-state index contributed by atoms with van der Waals surface area (Å²) in [5.41, 5.74) is 2.03. The molecule has 2 rings (SSSR count). The predicted molar refractivity (Wildman–Crippen MR) is 75.7 cm³/mol. The number of aryl methyl sites for hydroxylation is 1. The molecule has 102 valence electrons. The zero-order valence-electron chi connectivity index (χ0n) is 11.7. The summed E-state index contributed by atoms with van der Waals surface area (Å²) in [7, 11) is 0. The normalized spacial score (nSPS) is 10.6. The highest BCUT2D eigenvalue weighted by Crippen LogP contribution is 2.16. The molecule has 0 amide bonds. The lowest BCUT2D eigenvalue weighted by Gasteiger charge is -2.07. The van der Waals surface area contributed by atoms with Crippen molar-refractivity contribution in [1.29, 1.82) is 0 Å². The molecule has 0 unspecified atom stereocenters. The quantitative estimate of drug-likeness (QED) is 0.714. The summed E-state index contributed by atoms with van der Waals surface area (Å²) in [4.78, 5) is 0. The van der Waals surface area contributed by atoms with Gasteiger partial charge in [-0.1, -0.05) is 31.4 Å². The van der Waals surface area contributed by atoms with E-state index in [0.717, 1.165) is 30.2 Å². The van der Waals surface area contributed by atoms with Gasteiger partial charge in [-0.3, -0.25) is 0 Å². The topological polar surface area (TPSA) is 39.9 Å². The van der Waals surface area contributed by atoms with E-state index < -0.39 is 0 Å². The maximum atomic E-state index is 5.71. The van der Waals surface area contributed by atoms with Gasteiger partial charge in [0.15, 0.2) is 0 Å². The minimum atomic E-state index is 0.793. The van der Waals surface area contributed by atoms with Crippen molar-refractivity contribution in [2.45, 2.75) is 39.5 Å². The van der Waals surface area contributed by atoms with E-state index in [9.17, 15) is 0 Å². The highest BCUT2D eigenvalue weighted by atomic mass is 16.5. The lowest BCUT2D eigenvalue weighted by Crippen LogP contribution is -2.00. The molecule has 0 aliphatic rings. The molecule has 4 nitrogen and oxygen atoms in total. The number of hydrogen-bond acceptors (Lipinski definition) is 3. The van der Waals surface area contributed by atoms with E-state index in [4.69, 9.17) is 4.74 Å². The van der Waals surface area contributed by atoms with Gasteiger partial charge in [-0.25, -0.2) is 4.68 Å². The van der Waals surface area contributed by atoms with E-state index in [1.54, 1.807) is 6.20 Å². The zero-order chi connectivity index (χ0) is 13.5. The highest BCUT2D eigenvalue weighted by molar-refractivity contribution is 5.37. The fraction of sp³-hybridized carbons (Fsp3) is 0.467. The van der Waals surface area contributed by atoms with Gasteiger partial charge in [0.25, 0.3) is 0 Å². The Bertz CT molecular complexity index is 490. The molecule has 1 aromatic carbocycles. The van der Waals surface area contributed by atoms with Gasteiger partial charge in [0.2, 0.25) is 0 Å². The van der Waals surface area contributed by atoms with Crippen LogP contribution >= 0.6 is 0 Å². The van der Waals surface area contributed by atoms with E-state index in [0.29, 0.717) is 0 Å². The molecule has 0 fully saturated rings. The zero-order valence-corrected chi connectivity index (χ0v) is 11.7. The summed E-state index contributed by atoms with van der Waals surface area (Å²) in [5.74, 6) is 0.915. The SMILES string of the molecule is CCCCCCOc1ccc(-n2nncc2C)cc1. The maximum Gasteiger partial charge on any atom is 0.119 e. The van der Waals surface area contributed by atoms with Gasteiger partial charge in [0, 0.05) is 0 Å². The molecule has 2 aromatic rings. The van der Waals surface area contributed by atoms with Crippen LogP contribution in [0.4, 0.5) is 0 Å². The molecule has 0 atom stereocenters. The van der Waals surface area contributed by atoms with Crippen LogP contribution in [0.25, 0.3) is 5.69 Å². The van der Waals surface area contributed by atoms with Crippen molar-refractivity contribution in [3.05, 3.63) is 36.2 Å². The molecule has 0 aliphatic carbocycles. The Kier molecular flexibility index (Phi) is 4.95. The first kappa shape index (κ1) is 13.6. The third-order valence-corrected chi connectivity index (χ3v) is 3.07. The third-order valence-electron chi connectivity index (χ3n) is 3.07. The fourth-order valence-corrected chi connectivity index (χ4v) is 1.94. The molecule has 19 heavy (non-hydrogen) atoms.